The number of tetrazole rings is 1. The molecule has 3 aromatic carbocycles. The SMILES string of the molecule is CC(C)(C)c1ccc(N(Cc2ccc(C(=O)Nc3nn[nH]n3)cc2)C(=O)Nc2ccccc2)cc1. The second kappa shape index (κ2) is 10.2. The van der Waals surface area contributed by atoms with Gasteiger partial charge in [0.15, 0.2) is 0 Å². The van der Waals surface area contributed by atoms with Crippen LogP contribution < -0.4 is 15.5 Å². The number of benzene rings is 3. The van der Waals surface area contributed by atoms with E-state index >= 15 is 0 Å². The van der Waals surface area contributed by atoms with Crippen molar-refractivity contribution in [3.63, 3.8) is 0 Å². The van der Waals surface area contributed by atoms with E-state index in [1.165, 1.54) is 5.56 Å². The fourth-order valence-corrected chi connectivity index (χ4v) is 3.47. The largest absolute Gasteiger partial charge is 0.326 e. The van der Waals surface area contributed by atoms with Crippen LogP contribution in [0.2, 0.25) is 0 Å². The Morgan fingerprint density at radius 3 is 2.17 bits per heavy atom. The maximum Gasteiger partial charge on any atom is 0.326 e. The number of anilines is 3. The molecule has 0 fully saturated rings. The van der Waals surface area contributed by atoms with Gasteiger partial charge in [0.1, 0.15) is 0 Å². The van der Waals surface area contributed by atoms with E-state index in [4.69, 9.17) is 0 Å². The van der Waals surface area contributed by atoms with Gasteiger partial charge in [0.25, 0.3) is 11.9 Å². The van der Waals surface area contributed by atoms with Crippen molar-refractivity contribution >= 4 is 29.3 Å². The van der Waals surface area contributed by atoms with Gasteiger partial charge in [-0.05, 0) is 58.2 Å². The molecular weight excluding hydrogens is 442 g/mol. The average Bonchev–Trinajstić information content (AvgIpc) is 3.36. The van der Waals surface area contributed by atoms with Crippen molar-refractivity contribution in [3.8, 4) is 0 Å². The first-order chi connectivity index (χ1) is 16.8. The summed E-state index contributed by atoms with van der Waals surface area (Å²) in [5.74, 6) is -0.254. The molecule has 0 aliphatic rings. The van der Waals surface area contributed by atoms with Gasteiger partial charge >= 0.3 is 6.03 Å². The predicted molar refractivity (Wildman–Crippen MR) is 135 cm³/mol. The zero-order valence-electron chi connectivity index (χ0n) is 19.8. The number of para-hydroxylation sites is 1. The number of carbonyl (C=O) groups is 2. The Hall–Kier alpha value is -4.53. The predicted octanol–water partition coefficient (Wildman–Crippen LogP) is 4.99. The molecule has 9 heteroatoms. The van der Waals surface area contributed by atoms with Crippen molar-refractivity contribution in [2.75, 3.05) is 15.5 Å². The zero-order chi connectivity index (χ0) is 24.8. The maximum atomic E-state index is 13.3. The van der Waals surface area contributed by atoms with Gasteiger partial charge < -0.3 is 5.32 Å². The number of amides is 3. The van der Waals surface area contributed by atoms with Crippen LogP contribution in [0.3, 0.4) is 0 Å². The molecule has 1 heterocycles. The zero-order valence-corrected chi connectivity index (χ0v) is 19.8. The number of aromatic amines is 1. The molecule has 0 bridgehead atoms. The molecule has 1 aromatic heterocycles. The van der Waals surface area contributed by atoms with Crippen LogP contribution in [-0.4, -0.2) is 32.6 Å². The Bertz CT molecular complexity index is 1260. The molecule has 9 nitrogen and oxygen atoms in total. The number of hydrogen-bond acceptors (Lipinski definition) is 5. The summed E-state index contributed by atoms with van der Waals surface area (Å²) in [6, 6.07) is 24.1. The number of urea groups is 1. The molecule has 0 radical (unpaired) electrons. The summed E-state index contributed by atoms with van der Waals surface area (Å²) >= 11 is 0. The summed E-state index contributed by atoms with van der Waals surface area (Å²) in [4.78, 5) is 27.3. The molecule has 0 atom stereocenters. The number of nitrogens with one attached hydrogen (secondary N) is 3. The second-order valence-electron chi connectivity index (χ2n) is 9.07. The van der Waals surface area contributed by atoms with Gasteiger partial charge in [-0.1, -0.05) is 68.3 Å². The van der Waals surface area contributed by atoms with Crippen LogP contribution in [0.25, 0.3) is 0 Å². The Labute approximate surface area is 203 Å². The lowest BCUT2D eigenvalue weighted by atomic mass is 9.87. The summed E-state index contributed by atoms with van der Waals surface area (Å²) in [6.07, 6.45) is 0. The second-order valence-corrected chi connectivity index (χ2v) is 9.07. The smallest absolute Gasteiger partial charge is 0.308 e. The number of H-pyrrole nitrogens is 1. The quantitative estimate of drug-likeness (QED) is 0.368. The fraction of sp³-hybridized carbons (Fsp3) is 0.192. The molecule has 0 aliphatic heterocycles. The van der Waals surface area contributed by atoms with E-state index in [9.17, 15) is 9.59 Å². The standard InChI is InChI=1S/C26H27N7O2/c1-26(2,3)20-13-15-22(16-14-20)33(25(35)27-21-7-5-4-6-8-21)17-18-9-11-19(12-10-18)23(34)28-24-29-31-32-30-24/h4-16H,17H2,1-3H3,(H,27,35)(H2,28,29,30,31,32,34). The minimum Gasteiger partial charge on any atom is -0.308 e. The topological polar surface area (TPSA) is 116 Å². The highest BCUT2D eigenvalue weighted by Gasteiger charge is 2.19. The molecule has 0 unspecified atom stereocenters. The summed E-state index contributed by atoms with van der Waals surface area (Å²) in [5.41, 5.74) is 3.97. The first-order valence-corrected chi connectivity index (χ1v) is 11.2. The average molecular weight is 470 g/mol. The van der Waals surface area contributed by atoms with Crippen molar-refractivity contribution in [2.45, 2.75) is 32.7 Å². The number of carbonyl (C=O) groups excluding carboxylic acids is 2. The third kappa shape index (κ3) is 6.08. The van der Waals surface area contributed by atoms with E-state index in [1.807, 2.05) is 66.7 Å². The van der Waals surface area contributed by atoms with Gasteiger partial charge in [-0.3, -0.25) is 15.0 Å². The summed E-state index contributed by atoms with van der Waals surface area (Å²) in [5, 5.41) is 18.7. The Morgan fingerprint density at radius 1 is 0.886 bits per heavy atom. The number of rotatable bonds is 6. The molecule has 35 heavy (non-hydrogen) atoms. The van der Waals surface area contributed by atoms with Gasteiger partial charge in [0, 0.05) is 16.9 Å². The third-order valence-corrected chi connectivity index (χ3v) is 5.44. The molecule has 178 valence electrons. The number of hydrogen-bond donors (Lipinski definition) is 3. The third-order valence-electron chi connectivity index (χ3n) is 5.44. The fourth-order valence-electron chi connectivity index (χ4n) is 3.47. The van der Waals surface area contributed by atoms with Crippen molar-refractivity contribution in [1.82, 2.24) is 20.6 Å². The molecule has 4 aromatic rings. The number of aromatic nitrogens is 4. The first kappa shape index (κ1) is 23.6. The monoisotopic (exact) mass is 469 g/mol. The summed E-state index contributed by atoms with van der Waals surface area (Å²) in [7, 11) is 0. The first-order valence-electron chi connectivity index (χ1n) is 11.2. The van der Waals surface area contributed by atoms with Crippen molar-refractivity contribution in [1.29, 1.82) is 0 Å². The highest BCUT2D eigenvalue weighted by atomic mass is 16.2. The maximum absolute atomic E-state index is 13.3. The highest BCUT2D eigenvalue weighted by Crippen LogP contribution is 2.26. The van der Waals surface area contributed by atoms with Crippen molar-refractivity contribution in [2.24, 2.45) is 0 Å². The van der Waals surface area contributed by atoms with E-state index in [2.05, 4.69) is 52.0 Å². The lowest BCUT2D eigenvalue weighted by Crippen LogP contribution is -2.34. The van der Waals surface area contributed by atoms with Gasteiger partial charge in [-0.25, -0.2) is 4.79 Å². The minimum absolute atomic E-state index is 0.00750. The molecule has 4 rings (SSSR count). The lowest BCUT2D eigenvalue weighted by Gasteiger charge is -2.25. The van der Waals surface area contributed by atoms with E-state index < -0.39 is 0 Å². The molecule has 0 aliphatic carbocycles. The van der Waals surface area contributed by atoms with Gasteiger partial charge in [0.05, 0.1) is 6.54 Å². The Balaban J connectivity index is 1.55. The molecule has 3 N–H and O–H groups in total. The van der Waals surface area contributed by atoms with Crippen LogP contribution in [0.1, 0.15) is 42.3 Å². The van der Waals surface area contributed by atoms with E-state index in [1.54, 1.807) is 17.0 Å². The molecule has 0 spiro atoms. The van der Waals surface area contributed by atoms with Gasteiger partial charge in [-0.15, -0.1) is 5.10 Å². The van der Waals surface area contributed by atoms with E-state index in [0.29, 0.717) is 17.8 Å². The van der Waals surface area contributed by atoms with Gasteiger partial charge in [-0.2, -0.15) is 5.21 Å². The molecule has 3 amide bonds. The molecule has 0 saturated heterocycles. The van der Waals surface area contributed by atoms with Crippen LogP contribution in [0.15, 0.2) is 78.9 Å². The van der Waals surface area contributed by atoms with Crippen LogP contribution in [0.5, 0.6) is 0 Å². The van der Waals surface area contributed by atoms with Crippen LogP contribution in [0, 0.1) is 0 Å². The van der Waals surface area contributed by atoms with E-state index in [0.717, 1.165) is 11.3 Å². The molecular formula is C26H27N7O2. The van der Waals surface area contributed by atoms with Crippen molar-refractivity contribution in [3.05, 3.63) is 95.6 Å². The van der Waals surface area contributed by atoms with Crippen LogP contribution in [-0.2, 0) is 12.0 Å². The molecule has 0 saturated carbocycles. The Morgan fingerprint density at radius 2 is 1.57 bits per heavy atom. The van der Waals surface area contributed by atoms with Crippen LogP contribution in [0.4, 0.5) is 22.1 Å². The minimum atomic E-state index is -0.352. The highest BCUT2D eigenvalue weighted by molar-refractivity contribution is 6.03. The summed E-state index contributed by atoms with van der Waals surface area (Å²) < 4.78 is 0. The Kier molecular flexibility index (Phi) is 6.86. The number of nitrogens with zero attached hydrogens (tertiary/aromatic N) is 4. The normalized spacial score (nSPS) is 11.1. The van der Waals surface area contributed by atoms with Crippen LogP contribution >= 0.6 is 0 Å². The lowest BCUT2D eigenvalue weighted by molar-refractivity contribution is 0.102. The summed E-state index contributed by atoms with van der Waals surface area (Å²) in [6.45, 7) is 6.77. The van der Waals surface area contributed by atoms with Crippen molar-refractivity contribution < 1.29 is 9.59 Å². The van der Waals surface area contributed by atoms with E-state index in [-0.39, 0.29) is 23.3 Å². The van der Waals surface area contributed by atoms with Gasteiger partial charge in [0.2, 0.25) is 0 Å².